The Morgan fingerprint density at radius 3 is 2.79 bits per heavy atom. The van der Waals surface area contributed by atoms with Gasteiger partial charge in [0, 0.05) is 60.5 Å². The minimum absolute atomic E-state index is 0.352. The maximum Gasteiger partial charge on any atom is 0.225 e. The molecule has 1 aromatic carbocycles. The van der Waals surface area contributed by atoms with Crippen molar-refractivity contribution < 1.29 is 4.74 Å². The molecule has 2 aromatic heterocycles. The third-order valence-corrected chi connectivity index (χ3v) is 8.25. The van der Waals surface area contributed by atoms with Crippen molar-refractivity contribution in [1.29, 1.82) is 0 Å². The number of anilines is 1. The molecular formula is C25H28ClN7O. The number of fused-ring (bicyclic) bond motifs is 3. The van der Waals surface area contributed by atoms with Crippen LogP contribution in [0.25, 0.3) is 5.69 Å². The third-order valence-electron chi connectivity index (χ3n) is 8.02. The van der Waals surface area contributed by atoms with Crippen LogP contribution in [0.15, 0.2) is 30.5 Å². The summed E-state index contributed by atoms with van der Waals surface area (Å²) in [5, 5.41) is 10.2. The lowest BCUT2D eigenvalue weighted by Gasteiger charge is -2.58. The van der Waals surface area contributed by atoms with Crippen molar-refractivity contribution in [2.75, 3.05) is 31.2 Å². The van der Waals surface area contributed by atoms with Gasteiger partial charge in [0.25, 0.3) is 0 Å². The first kappa shape index (κ1) is 20.8. The molecule has 3 fully saturated rings. The van der Waals surface area contributed by atoms with E-state index in [1.54, 1.807) is 0 Å². The van der Waals surface area contributed by atoms with Gasteiger partial charge in [-0.2, -0.15) is 0 Å². The predicted octanol–water partition coefficient (Wildman–Crippen LogP) is 3.51. The number of hydrogen-bond donors (Lipinski definition) is 0. The topological polar surface area (TPSA) is 72.2 Å². The van der Waals surface area contributed by atoms with Crippen molar-refractivity contribution in [2.24, 2.45) is 5.41 Å². The molecule has 2 saturated heterocycles. The monoisotopic (exact) mass is 477 g/mol. The third kappa shape index (κ3) is 3.34. The molecule has 1 saturated carbocycles. The quantitative estimate of drug-likeness (QED) is 0.571. The molecule has 3 aliphatic heterocycles. The molecule has 0 unspecified atom stereocenters. The number of hydrogen-bond acceptors (Lipinski definition) is 7. The molecule has 1 aliphatic carbocycles. The summed E-state index contributed by atoms with van der Waals surface area (Å²) in [5.74, 6) is 3.39. The van der Waals surface area contributed by atoms with Crippen LogP contribution in [-0.4, -0.2) is 62.0 Å². The van der Waals surface area contributed by atoms with Crippen LogP contribution in [0.5, 0.6) is 0 Å². The summed E-state index contributed by atoms with van der Waals surface area (Å²) in [7, 11) is 0. The predicted molar refractivity (Wildman–Crippen MR) is 128 cm³/mol. The van der Waals surface area contributed by atoms with Crippen molar-refractivity contribution >= 4 is 17.5 Å². The van der Waals surface area contributed by atoms with Crippen LogP contribution in [0.4, 0.5) is 5.95 Å². The smallest absolute Gasteiger partial charge is 0.225 e. The lowest BCUT2D eigenvalue weighted by Crippen LogP contribution is -2.62. The Morgan fingerprint density at radius 1 is 1.12 bits per heavy atom. The summed E-state index contributed by atoms with van der Waals surface area (Å²) < 4.78 is 8.00. The Kier molecular flexibility index (Phi) is 4.73. The largest absolute Gasteiger partial charge is 0.380 e. The highest BCUT2D eigenvalue weighted by Crippen LogP contribution is 2.56. The molecule has 8 nitrogen and oxygen atoms in total. The molecular weight excluding hydrogens is 450 g/mol. The molecule has 1 atom stereocenters. The van der Waals surface area contributed by atoms with E-state index in [9.17, 15) is 0 Å². The average molecular weight is 478 g/mol. The number of ether oxygens (including phenoxy) is 1. The minimum atomic E-state index is 0.352. The van der Waals surface area contributed by atoms with Crippen molar-refractivity contribution in [3.8, 4) is 5.69 Å². The second-order valence-electron chi connectivity index (χ2n) is 10.5. The van der Waals surface area contributed by atoms with Crippen LogP contribution >= 0.6 is 11.6 Å². The van der Waals surface area contributed by atoms with Gasteiger partial charge in [0.05, 0.1) is 18.8 Å². The Labute approximate surface area is 203 Å². The van der Waals surface area contributed by atoms with Gasteiger partial charge in [0.2, 0.25) is 5.95 Å². The Bertz CT molecular complexity index is 1240. The molecule has 0 N–H and O–H groups in total. The summed E-state index contributed by atoms with van der Waals surface area (Å²) in [5.41, 5.74) is 3.77. The van der Waals surface area contributed by atoms with E-state index in [0.29, 0.717) is 17.4 Å². The fourth-order valence-electron chi connectivity index (χ4n) is 6.30. The standard InChI is InChI=1S/C25H28ClN7O/c1-16-4-6-27-24(28-16)32-14-25(15-32)9-18(10-25)23-30-29-22-12-31(20-5-7-34-13-20)11-17-8-19(26)2-3-21(17)33(22)23/h2-4,6,8,18,20H,5,7,9-15H2,1H3/t20-/m1/s1. The van der Waals surface area contributed by atoms with E-state index < -0.39 is 0 Å². The van der Waals surface area contributed by atoms with Gasteiger partial charge < -0.3 is 9.64 Å². The maximum absolute atomic E-state index is 6.42. The number of halogens is 1. The van der Waals surface area contributed by atoms with Crippen molar-refractivity contribution in [3.63, 3.8) is 0 Å². The van der Waals surface area contributed by atoms with Crippen LogP contribution in [-0.2, 0) is 17.8 Å². The van der Waals surface area contributed by atoms with Gasteiger partial charge in [-0.3, -0.25) is 9.47 Å². The van der Waals surface area contributed by atoms with E-state index in [2.05, 4.69) is 36.5 Å². The molecule has 0 amide bonds. The Balaban J connectivity index is 1.14. The number of rotatable bonds is 3. The molecule has 34 heavy (non-hydrogen) atoms. The highest BCUT2D eigenvalue weighted by molar-refractivity contribution is 6.30. The van der Waals surface area contributed by atoms with Gasteiger partial charge in [-0.05, 0) is 56.0 Å². The van der Waals surface area contributed by atoms with E-state index >= 15 is 0 Å². The summed E-state index contributed by atoms with van der Waals surface area (Å²) in [6, 6.07) is 8.58. The van der Waals surface area contributed by atoms with Crippen molar-refractivity contribution in [2.45, 2.75) is 51.2 Å². The zero-order valence-electron chi connectivity index (χ0n) is 19.3. The van der Waals surface area contributed by atoms with Crippen LogP contribution in [0.2, 0.25) is 5.02 Å². The van der Waals surface area contributed by atoms with Crippen molar-refractivity contribution in [1.82, 2.24) is 29.6 Å². The van der Waals surface area contributed by atoms with Gasteiger partial charge in [-0.15, -0.1) is 10.2 Å². The SMILES string of the molecule is Cc1ccnc(N2CC3(CC(c4nnc5n4-c4ccc(Cl)cc4CN([C@@H]4CCOC4)C5)C3)C2)n1. The summed E-state index contributed by atoms with van der Waals surface area (Å²) >= 11 is 6.42. The zero-order valence-corrected chi connectivity index (χ0v) is 20.1. The first-order valence-electron chi connectivity index (χ1n) is 12.2. The first-order valence-corrected chi connectivity index (χ1v) is 12.5. The van der Waals surface area contributed by atoms with E-state index in [4.69, 9.17) is 26.5 Å². The van der Waals surface area contributed by atoms with Gasteiger partial charge in [-0.25, -0.2) is 9.97 Å². The second-order valence-corrected chi connectivity index (χ2v) is 10.9. The fourth-order valence-corrected chi connectivity index (χ4v) is 6.50. The van der Waals surface area contributed by atoms with E-state index in [1.165, 1.54) is 11.3 Å². The van der Waals surface area contributed by atoms with Crippen LogP contribution < -0.4 is 4.90 Å². The van der Waals surface area contributed by atoms with Crippen LogP contribution in [0.3, 0.4) is 0 Å². The molecule has 4 aliphatic rings. The van der Waals surface area contributed by atoms with E-state index in [1.807, 2.05) is 25.3 Å². The lowest BCUT2D eigenvalue weighted by molar-refractivity contribution is 0.0574. The van der Waals surface area contributed by atoms with E-state index in [-0.39, 0.29) is 0 Å². The highest BCUT2D eigenvalue weighted by Gasteiger charge is 2.54. The molecule has 9 heteroatoms. The highest BCUT2D eigenvalue weighted by atomic mass is 35.5. The molecule has 176 valence electrons. The van der Waals surface area contributed by atoms with Gasteiger partial charge in [0.15, 0.2) is 5.82 Å². The lowest BCUT2D eigenvalue weighted by atomic mass is 9.57. The van der Waals surface area contributed by atoms with Gasteiger partial charge >= 0.3 is 0 Å². The number of aryl methyl sites for hydroxylation is 1. The summed E-state index contributed by atoms with van der Waals surface area (Å²) in [4.78, 5) is 13.8. The summed E-state index contributed by atoms with van der Waals surface area (Å²) in [6.45, 7) is 7.31. The fraction of sp³-hybridized carbons (Fsp3) is 0.520. The number of nitrogens with zero attached hydrogens (tertiary/aromatic N) is 7. The molecule has 0 bridgehead atoms. The molecule has 0 radical (unpaired) electrons. The first-order chi connectivity index (χ1) is 16.6. The molecule has 1 spiro atoms. The van der Waals surface area contributed by atoms with Gasteiger partial charge in [0.1, 0.15) is 5.82 Å². The molecule has 7 rings (SSSR count). The maximum atomic E-state index is 6.42. The Morgan fingerprint density at radius 2 is 2.00 bits per heavy atom. The average Bonchev–Trinajstić information content (AvgIpc) is 3.40. The molecule has 5 heterocycles. The number of benzene rings is 1. The van der Waals surface area contributed by atoms with Gasteiger partial charge in [-0.1, -0.05) is 11.6 Å². The van der Waals surface area contributed by atoms with Crippen LogP contribution in [0.1, 0.15) is 48.1 Å². The van der Waals surface area contributed by atoms with E-state index in [0.717, 1.165) is 87.0 Å². The number of aromatic nitrogens is 5. The zero-order chi connectivity index (χ0) is 22.9. The van der Waals surface area contributed by atoms with Crippen molar-refractivity contribution in [3.05, 3.63) is 58.4 Å². The molecule has 3 aromatic rings. The Hall–Kier alpha value is -2.55. The minimum Gasteiger partial charge on any atom is -0.380 e. The summed E-state index contributed by atoms with van der Waals surface area (Å²) in [6.07, 6.45) is 5.18. The van der Waals surface area contributed by atoms with Crippen LogP contribution in [0, 0.1) is 12.3 Å². The normalized spacial score (nSPS) is 23.8. The second kappa shape index (κ2) is 7.73.